The van der Waals surface area contributed by atoms with Crippen molar-refractivity contribution in [3.05, 3.63) is 65.0 Å². The van der Waals surface area contributed by atoms with Crippen molar-refractivity contribution in [2.24, 2.45) is 0 Å². The topological polar surface area (TPSA) is 0 Å². The maximum absolute atomic E-state index is 13.2. The Morgan fingerprint density at radius 3 is 2.22 bits per heavy atom. The number of rotatable bonds is 3. The molecule has 0 aliphatic rings. The molecule has 18 heavy (non-hydrogen) atoms. The lowest BCUT2D eigenvalue weighted by Gasteiger charge is -2.12. The van der Waals surface area contributed by atoms with Gasteiger partial charge in [-0.1, -0.05) is 40.2 Å². The van der Waals surface area contributed by atoms with Crippen LogP contribution in [0.4, 0.5) is 4.39 Å². The lowest BCUT2D eigenvalue weighted by Crippen LogP contribution is -1.94. The van der Waals surface area contributed by atoms with Gasteiger partial charge in [0.2, 0.25) is 0 Å². The van der Waals surface area contributed by atoms with Crippen molar-refractivity contribution in [3.63, 3.8) is 0 Å². The average molecular weight is 325 g/mol. The molecule has 0 aliphatic heterocycles. The second-order valence-electron chi connectivity index (χ2n) is 4.14. The highest BCUT2D eigenvalue weighted by atomic mass is 79.9. The first-order valence-corrected chi connectivity index (χ1v) is 7.80. The van der Waals surface area contributed by atoms with E-state index in [1.165, 1.54) is 16.5 Å². The summed E-state index contributed by atoms with van der Waals surface area (Å²) >= 11 is 5.39. The van der Waals surface area contributed by atoms with Gasteiger partial charge in [-0.05, 0) is 48.1 Å². The molecule has 0 saturated heterocycles. The second-order valence-corrected chi connectivity index (χ2v) is 5.94. The van der Waals surface area contributed by atoms with Crippen LogP contribution in [0.25, 0.3) is 0 Å². The molecule has 0 saturated carbocycles. The van der Waals surface area contributed by atoms with E-state index >= 15 is 0 Å². The van der Waals surface area contributed by atoms with Gasteiger partial charge in [0.05, 0.1) is 4.83 Å². The third-order valence-corrected chi connectivity index (χ3v) is 4.68. The molecule has 0 N–H and O–H groups in total. The van der Waals surface area contributed by atoms with E-state index in [0.717, 1.165) is 5.56 Å². The summed E-state index contributed by atoms with van der Waals surface area (Å²) in [6.45, 7) is 1.79. The summed E-state index contributed by atoms with van der Waals surface area (Å²) in [5, 5.41) is 0. The highest BCUT2D eigenvalue weighted by Crippen LogP contribution is 2.32. The van der Waals surface area contributed by atoms with E-state index in [2.05, 4.69) is 46.5 Å². The molecule has 0 nitrogen and oxygen atoms in total. The van der Waals surface area contributed by atoms with Crippen molar-refractivity contribution >= 4 is 27.7 Å². The maximum Gasteiger partial charge on any atom is 0.126 e. The lowest BCUT2D eigenvalue weighted by molar-refractivity contribution is 0.618. The zero-order chi connectivity index (χ0) is 13.1. The van der Waals surface area contributed by atoms with Crippen LogP contribution >= 0.6 is 27.7 Å². The Balaban J connectivity index is 2.28. The first-order chi connectivity index (χ1) is 8.61. The summed E-state index contributed by atoms with van der Waals surface area (Å²) in [5.41, 5.74) is 2.93. The average Bonchev–Trinajstić information content (AvgIpc) is 2.41. The maximum atomic E-state index is 13.2. The van der Waals surface area contributed by atoms with Gasteiger partial charge in [-0.15, -0.1) is 11.8 Å². The predicted octanol–water partition coefficient (Wildman–Crippen LogP) is 5.34. The van der Waals surface area contributed by atoms with E-state index in [1.807, 2.05) is 12.1 Å². The van der Waals surface area contributed by atoms with Crippen LogP contribution in [-0.2, 0) is 0 Å². The van der Waals surface area contributed by atoms with Gasteiger partial charge in [0.15, 0.2) is 0 Å². The monoisotopic (exact) mass is 324 g/mol. The largest absolute Gasteiger partial charge is 0.207 e. The van der Waals surface area contributed by atoms with Crippen LogP contribution < -0.4 is 0 Å². The Morgan fingerprint density at radius 2 is 1.67 bits per heavy atom. The molecule has 2 aromatic rings. The molecule has 0 aromatic heterocycles. The number of alkyl halides is 1. The van der Waals surface area contributed by atoms with E-state index in [0.29, 0.717) is 5.56 Å². The van der Waals surface area contributed by atoms with Crippen molar-refractivity contribution in [2.75, 3.05) is 6.26 Å². The van der Waals surface area contributed by atoms with E-state index in [-0.39, 0.29) is 10.6 Å². The molecule has 1 unspecified atom stereocenters. The van der Waals surface area contributed by atoms with Gasteiger partial charge >= 0.3 is 0 Å². The van der Waals surface area contributed by atoms with E-state index in [4.69, 9.17) is 0 Å². The Kier molecular flexibility index (Phi) is 4.46. The third-order valence-electron chi connectivity index (χ3n) is 2.88. The van der Waals surface area contributed by atoms with Gasteiger partial charge in [-0.3, -0.25) is 0 Å². The van der Waals surface area contributed by atoms with Crippen molar-refractivity contribution in [1.29, 1.82) is 0 Å². The molecule has 0 aliphatic carbocycles. The summed E-state index contributed by atoms with van der Waals surface area (Å²) in [6.07, 6.45) is 2.06. The molecular weight excluding hydrogens is 311 g/mol. The summed E-state index contributed by atoms with van der Waals surface area (Å²) in [5.74, 6) is -0.156. The van der Waals surface area contributed by atoms with Crippen molar-refractivity contribution in [2.45, 2.75) is 16.6 Å². The van der Waals surface area contributed by atoms with Crippen LogP contribution in [0, 0.1) is 12.7 Å². The molecule has 0 spiro atoms. The molecule has 0 amide bonds. The Bertz CT molecular complexity index is 537. The normalized spacial score (nSPS) is 12.4. The van der Waals surface area contributed by atoms with Crippen LogP contribution in [-0.4, -0.2) is 6.26 Å². The molecule has 0 fully saturated rings. The molecule has 1 atom stereocenters. The number of aryl methyl sites for hydroxylation is 1. The molecule has 2 aromatic carbocycles. The molecule has 3 heteroatoms. The second kappa shape index (κ2) is 5.89. The SMILES string of the molecule is CSc1ccc(C(Br)c2ccc(F)c(C)c2)cc1. The van der Waals surface area contributed by atoms with E-state index in [1.54, 1.807) is 18.7 Å². The highest BCUT2D eigenvalue weighted by molar-refractivity contribution is 9.09. The number of hydrogen-bond donors (Lipinski definition) is 0. The zero-order valence-electron chi connectivity index (χ0n) is 10.3. The summed E-state index contributed by atoms with van der Waals surface area (Å²) < 4.78 is 13.2. The Morgan fingerprint density at radius 1 is 1.06 bits per heavy atom. The summed E-state index contributed by atoms with van der Waals surface area (Å²) in [6, 6.07) is 13.6. The van der Waals surface area contributed by atoms with Crippen molar-refractivity contribution < 1.29 is 4.39 Å². The van der Waals surface area contributed by atoms with Crippen LogP contribution in [0.3, 0.4) is 0 Å². The minimum absolute atomic E-state index is 0.104. The van der Waals surface area contributed by atoms with E-state index in [9.17, 15) is 4.39 Å². The molecule has 0 bridgehead atoms. The third kappa shape index (κ3) is 2.96. The number of hydrogen-bond acceptors (Lipinski definition) is 1. The van der Waals surface area contributed by atoms with Crippen LogP contribution in [0.1, 0.15) is 21.5 Å². The highest BCUT2D eigenvalue weighted by Gasteiger charge is 2.11. The number of thioether (sulfide) groups is 1. The zero-order valence-corrected chi connectivity index (χ0v) is 12.7. The van der Waals surface area contributed by atoms with Gasteiger partial charge in [-0.25, -0.2) is 4.39 Å². The van der Waals surface area contributed by atoms with Gasteiger partial charge in [0.1, 0.15) is 5.82 Å². The lowest BCUT2D eigenvalue weighted by atomic mass is 10.0. The predicted molar refractivity (Wildman–Crippen MR) is 80.1 cm³/mol. The van der Waals surface area contributed by atoms with Gasteiger partial charge in [0, 0.05) is 4.90 Å². The minimum atomic E-state index is -0.156. The fourth-order valence-corrected chi connectivity index (χ4v) is 2.79. The van der Waals surface area contributed by atoms with Gasteiger partial charge < -0.3 is 0 Å². The summed E-state index contributed by atoms with van der Waals surface area (Å²) in [7, 11) is 0. The minimum Gasteiger partial charge on any atom is -0.207 e. The van der Waals surface area contributed by atoms with Gasteiger partial charge in [-0.2, -0.15) is 0 Å². The van der Waals surface area contributed by atoms with E-state index < -0.39 is 0 Å². The molecule has 0 heterocycles. The van der Waals surface area contributed by atoms with Crippen LogP contribution in [0.5, 0.6) is 0 Å². The molecule has 94 valence electrons. The molecule has 0 radical (unpaired) electrons. The standard InChI is InChI=1S/C15H14BrFS/c1-10-9-12(5-8-14(10)17)15(16)11-3-6-13(18-2)7-4-11/h3-9,15H,1-2H3. The smallest absolute Gasteiger partial charge is 0.126 e. The molecule has 2 rings (SSSR count). The summed E-state index contributed by atoms with van der Waals surface area (Å²) in [4.78, 5) is 1.35. The van der Waals surface area contributed by atoms with Gasteiger partial charge in [0.25, 0.3) is 0 Å². The fraction of sp³-hybridized carbons (Fsp3) is 0.200. The first-order valence-electron chi connectivity index (χ1n) is 5.66. The Hall–Kier alpha value is -0.800. The molecular formula is C15H14BrFS. The number of halogens is 2. The van der Waals surface area contributed by atoms with Crippen LogP contribution in [0.15, 0.2) is 47.4 Å². The quantitative estimate of drug-likeness (QED) is 0.542. The van der Waals surface area contributed by atoms with Crippen LogP contribution in [0.2, 0.25) is 0 Å². The first kappa shape index (κ1) is 13.6. The fourth-order valence-electron chi connectivity index (χ4n) is 1.79. The van der Waals surface area contributed by atoms with Crippen molar-refractivity contribution in [3.8, 4) is 0 Å². The van der Waals surface area contributed by atoms with Crippen molar-refractivity contribution in [1.82, 2.24) is 0 Å². The Labute approximate surface area is 120 Å². The number of benzene rings is 2.